The summed E-state index contributed by atoms with van der Waals surface area (Å²) in [5.41, 5.74) is 2.18. The van der Waals surface area contributed by atoms with Crippen LogP contribution in [0.2, 0.25) is 0 Å². The Hall–Kier alpha value is -4.78. The van der Waals surface area contributed by atoms with Gasteiger partial charge in [-0.2, -0.15) is 0 Å². The third-order valence-electron chi connectivity index (χ3n) is 6.98. The van der Waals surface area contributed by atoms with Crippen molar-refractivity contribution in [3.63, 3.8) is 0 Å². The number of ketones is 1. The van der Waals surface area contributed by atoms with Crippen molar-refractivity contribution in [3.05, 3.63) is 101 Å². The molecular formula is C33H31NO6. The van der Waals surface area contributed by atoms with E-state index >= 15 is 0 Å². The molecule has 0 bridgehead atoms. The number of aliphatic hydroxyl groups is 1. The van der Waals surface area contributed by atoms with E-state index in [0.717, 1.165) is 22.8 Å². The first kappa shape index (κ1) is 26.8. The first-order chi connectivity index (χ1) is 19.3. The third-order valence-corrected chi connectivity index (χ3v) is 6.98. The van der Waals surface area contributed by atoms with Crippen molar-refractivity contribution in [2.24, 2.45) is 0 Å². The maximum Gasteiger partial charge on any atom is 0.300 e. The monoisotopic (exact) mass is 537 g/mol. The molecule has 1 unspecified atom stereocenters. The largest absolute Gasteiger partial charge is 0.507 e. The van der Waals surface area contributed by atoms with Crippen molar-refractivity contribution >= 4 is 33.9 Å². The molecule has 1 heterocycles. The lowest BCUT2D eigenvalue weighted by molar-refractivity contribution is -0.132. The number of aromatic hydroxyl groups is 1. The molecule has 2 N–H and O–H groups in total. The number of phenolic OH excluding ortho intramolecular Hbond substituents is 1. The van der Waals surface area contributed by atoms with Crippen LogP contribution in [0, 0.1) is 6.92 Å². The molecule has 1 saturated heterocycles. The number of rotatable bonds is 8. The first-order valence-electron chi connectivity index (χ1n) is 13.3. The fourth-order valence-corrected chi connectivity index (χ4v) is 5.11. The Morgan fingerprint density at radius 2 is 1.68 bits per heavy atom. The van der Waals surface area contributed by atoms with Crippen molar-refractivity contribution in [3.8, 4) is 17.2 Å². The lowest BCUT2D eigenvalue weighted by atomic mass is 9.94. The second-order valence-corrected chi connectivity index (χ2v) is 9.66. The Labute approximate surface area is 232 Å². The van der Waals surface area contributed by atoms with Gasteiger partial charge in [0.1, 0.15) is 11.5 Å². The number of aryl methyl sites for hydroxylation is 1. The highest BCUT2D eigenvalue weighted by Crippen LogP contribution is 2.45. The quantitative estimate of drug-likeness (QED) is 0.148. The molecule has 5 rings (SSSR count). The number of phenols is 1. The summed E-state index contributed by atoms with van der Waals surface area (Å²) in [5.74, 6) is -1.00. The Bertz CT molecular complexity index is 1630. The molecule has 0 spiro atoms. The summed E-state index contributed by atoms with van der Waals surface area (Å²) < 4.78 is 11.4. The van der Waals surface area contributed by atoms with E-state index in [2.05, 4.69) is 0 Å². The number of ether oxygens (including phenoxy) is 2. The van der Waals surface area contributed by atoms with Gasteiger partial charge in [0.15, 0.2) is 11.5 Å². The number of benzene rings is 4. The van der Waals surface area contributed by atoms with E-state index in [1.807, 2.05) is 50.2 Å². The van der Waals surface area contributed by atoms with Gasteiger partial charge in [-0.25, -0.2) is 0 Å². The number of amides is 1. The number of hydrogen-bond donors (Lipinski definition) is 2. The maximum atomic E-state index is 13.7. The van der Waals surface area contributed by atoms with Gasteiger partial charge in [-0.3, -0.25) is 14.5 Å². The first-order valence-corrected chi connectivity index (χ1v) is 13.3. The molecule has 0 saturated carbocycles. The average molecular weight is 538 g/mol. The van der Waals surface area contributed by atoms with E-state index in [-0.39, 0.29) is 22.8 Å². The van der Waals surface area contributed by atoms with Crippen LogP contribution < -0.4 is 14.4 Å². The maximum absolute atomic E-state index is 13.7. The minimum absolute atomic E-state index is 0.0484. The Kier molecular flexibility index (Phi) is 7.47. The topological polar surface area (TPSA) is 96.3 Å². The van der Waals surface area contributed by atoms with Crippen molar-refractivity contribution in [1.82, 2.24) is 0 Å². The summed E-state index contributed by atoms with van der Waals surface area (Å²) in [6, 6.07) is 22.1. The number of aliphatic hydroxyl groups excluding tert-OH is 1. The highest BCUT2D eigenvalue weighted by atomic mass is 16.5. The summed E-state index contributed by atoms with van der Waals surface area (Å²) in [6.07, 6.45) is 0.856. The fourth-order valence-electron chi connectivity index (χ4n) is 5.11. The van der Waals surface area contributed by atoms with Crippen LogP contribution in [0.4, 0.5) is 5.69 Å². The molecule has 7 nitrogen and oxygen atoms in total. The second kappa shape index (κ2) is 11.1. The molecular weight excluding hydrogens is 506 g/mol. The zero-order valence-electron chi connectivity index (χ0n) is 22.7. The molecule has 0 aromatic heterocycles. The average Bonchev–Trinajstić information content (AvgIpc) is 3.22. The number of nitrogens with zero attached hydrogens (tertiary/aromatic N) is 1. The molecule has 1 amide bonds. The number of carbonyl (C=O) groups is 2. The van der Waals surface area contributed by atoms with Crippen molar-refractivity contribution in [1.29, 1.82) is 0 Å². The van der Waals surface area contributed by atoms with Crippen LogP contribution in [0.3, 0.4) is 0 Å². The summed E-state index contributed by atoms with van der Waals surface area (Å²) in [6.45, 7) is 6.55. The zero-order chi connectivity index (χ0) is 28.4. The van der Waals surface area contributed by atoms with E-state index in [9.17, 15) is 19.8 Å². The Morgan fingerprint density at radius 3 is 2.42 bits per heavy atom. The summed E-state index contributed by atoms with van der Waals surface area (Å²) in [7, 11) is 0. The third kappa shape index (κ3) is 4.75. The summed E-state index contributed by atoms with van der Waals surface area (Å²) >= 11 is 0. The molecule has 7 heteroatoms. The van der Waals surface area contributed by atoms with Gasteiger partial charge < -0.3 is 19.7 Å². The van der Waals surface area contributed by atoms with Gasteiger partial charge in [0.2, 0.25) is 0 Å². The van der Waals surface area contributed by atoms with Crippen molar-refractivity contribution in [2.45, 2.75) is 33.2 Å². The molecule has 0 radical (unpaired) electrons. The molecule has 4 aromatic rings. The number of fused-ring (bicyclic) bond motifs is 1. The van der Waals surface area contributed by atoms with Gasteiger partial charge in [-0.15, -0.1) is 0 Å². The number of Topliss-reactive ketones (excluding diaryl/α,β-unsaturated/α-hetero) is 1. The van der Waals surface area contributed by atoms with E-state index < -0.39 is 17.7 Å². The molecule has 1 fully saturated rings. The van der Waals surface area contributed by atoms with Crippen LogP contribution in [0.25, 0.3) is 16.5 Å². The molecule has 1 aliphatic heterocycles. The highest BCUT2D eigenvalue weighted by molar-refractivity contribution is 6.52. The Morgan fingerprint density at radius 1 is 0.900 bits per heavy atom. The van der Waals surface area contributed by atoms with E-state index in [0.29, 0.717) is 35.8 Å². The lowest BCUT2D eigenvalue weighted by Gasteiger charge is -2.27. The van der Waals surface area contributed by atoms with Gasteiger partial charge >= 0.3 is 0 Å². The van der Waals surface area contributed by atoms with Crippen molar-refractivity contribution < 1.29 is 29.3 Å². The van der Waals surface area contributed by atoms with Gasteiger partial charge in [0, 0.05) is 10.9 Å². The van der Waals surface area contributed by atoms with Crippen molar-refractivity contribution in [2.75, 3.05) is 18.1 Å². The molecule has 40 heavy (non-hydrogen) atoms. The van der Waals surface area contributed by atoms with Crippen LogP contribution in [-0.2, 0) is 9.59 Å². The Balaban J connectivity index is 1.73. The molecule has 0 aliphatic carbocycles. The predicted molar refractivity (Wildman–Crippen MR) is 155 cm³/mol. The SMILES string of the molecule is CCCOc1ccc(/C(O)=C2\C(=O)C(=O)N(c3cccc4ccccc34)C2c2ccc(O)c(OCC)c2)cc1C. The molecule has 1 aliphatic rings. The summed E-state index contributed by atoms with van der Waals surface area (Å²) in [5, 5.41) is 23.6. The molecule has 1 atom stereocenters. The summed E-state index contributed by atoms with van der Waals surface area (Å²) in [4.78, 5) is 28.8. The number of anilines is 1. The smallest absolute Gasteiger partial charge is 0.300 e. The highest BCUT2D eigenvalue weighted by Gasteiger charge is 2.47. The minimum Gasteiger partial charge on any atom is -0.507 e. The van der Waals surface area contributed by atoms with Gasteiger partial charge in [-0.05, 0) is 73.2 Å². The van der Waals surface area contributed by atoms with E-state index in [1.165, 1.54) is 11.0 Å². The standard InChI is InChI=1S/C33H31NO6/c1-4-17-40-27-16-14-23(18-20(27)3)31(36)29-30(22-13-15-26(35)28(19-22)39-5-2)34(33(38)32(29)37)25-12-8-10-21-9-6-7-11-24(21)25/h6-16,18-19,30,35-36H,4-5,17H2,1-3H3/b31-29+. The second-order valence-electron chi connectivity index (χ2n) is 9.66. The molecule has 204 valence electrons. The van der Waals surface area contributed by atoms with Crippen LogP contribution in [0.15, 0.2) is 84.4 Å². The van der Waals surface area contributed by atoms with E-state index in [4.69, 9.17) is 9.47 Å². The fraction of sp³-hybridized carbons (Fsp3) is 0.212. The zero-order valence-corrected chi connectivity index (χ0v) is 22.7. The van der Waals surface area contributed by atoms with Gasteiger partial charge in [0.05, 0.1) is 30.5 Å². The van der Waals surface area contributed by atoms with Gasteiger partial charge in [-0.1, -0.05) is 49.4 Å². The molecule has 4 aromatic carbocycles. The number of hydrogen-bond acceptors (Lipinski definition) is 6. The van der Waals surface area contributed by atoms with Crippen LogP contribution >= 0.6 is 0 Å². The lowest BCUT2D eigenvalue weighted by Crippen LogP contribution is -2.29. The van der Waals surface area contributed by atoms with Crippen LogP contribution in [0.1, 0.15) is 43.0 Å². The van der Waals surface area contributed by atoms with E-state index in [1.54, 1.807) is 43.3 Å². The number of carbonyl (C=O) groups excluding carboxylic acids is 2. The normalized spacial score (nSPS) is 16.5. The minimum atomic E-state index is -0.970. The van der Waals surface area contributed by atoms with Gasteiger partial charge in [0.25, 0.3) is 11.7 Å². The van der Waals surface area contributed by atoms with Crippen LogP contribution in [0.5, 0.6) is 17.2 Å². The van der Waals surface area contributed by atoms with Crippen LogP contribution in [-0.4, -0.2) is 35.1 Å². The predicted octanol–water partition coefficient (Wildman–Crippen LogP) is 6.67.